The van der Waals surface area contributed by atoms with E-state index in [4.69, 9.17) is 9.78 Å². The summed E-state index contributed by atoms with van der Waals surface area (Å²) >= 11 is 0. The molecule has 0 amide bonds. The van der Waals surface area contributed by atoms with E-state index in [9.17, 15) is 0 Å². The van der Waals surface area contributed by atoms with E-state index < -0.39 is 0 Å². The highest BCUT2D eigenvalue weighted by molar-refractivity contribution is 5.80. The summed E-state index contributed by atoms with van der Waals surface area (Å²) < 4.78 is 4.91. The van der Waals surface area contributed by atoms with Crippen LogP contribution in [0.3, 0.4) is 0 Å². The van der Waals surface area contributed by atoms with Crippen molar-refractivity contribution >= 4 is 5.96 Å². The minimum atomic E-state index is 0.0614. The highest BCUT2D eigenvalue weighted by Gasteiger charge is 2.27. The number of hydrogen-bond donors (Lipinski definition) is 2. The Labute approximate surface area is 118 Å². The van der Waals surface area contributed by atoms with Crippen LogP contribution in [0.5, 0.6) is 0 Å². The number of aryl methyl sites for hydroxylation is 1. The molecule has 2 atom stereocenters. The average molecular weight is 276 g/mol. The Morgan fingerprint density at radius 3 is 3.05 bits per heavy atom. The molecule has 0 saturated heterocycles. The lowest BCUT2D eigenvalue weighted by atomic mass is 10.1. The third-order valence-electron chi connectivity index (χ3n) is 3.30. The Morgan fingerprint density at radius 1 is 1.55 bits per heavy atom. The summed E-state index contributed by atoms with van der Waals surface area (Å²) in [6.07, 6.45) is 3.04. The maximum Gasteiger partial charge on any atom is 0.223 e. The molecule has 1 heterocycles. The van der Waals surface area contributed by atoms with Gasteiger partial charge in [-0.15, -0.1) is 0 Å². The normalized spacial score (nSPS) is 22.6. The molecular weight excluding hydrogens is 256 g/mol. The van der Waals surface area contributed by atoms with Crippen LogP contribution in [0, 0.1) is 24.2 Å². The minimum absolute atomic E-state index is 0.0614. The zero-order valence-corrected chi connectivity index (χ0v) is 11.9. The lowest BCUT2D eigenvalue weighted by molar-refractivity contribution is 0.387. The van der Waals surface area contributed by atoms with Crippen molar-refractivity contribution in [3.63, 3.8) is 0 Å². The summed E-state index contributed by atoms with van der Waals surface area (Å²) in [7, 11) is 0. The maximum atomic E-state index is 9.11. The summed E-state index contributed by atoms with van der Waals surface area (Å²) in [5.41, 5.74) is 0. The summed E-state index contributed by atoms with van der Waals surface area (Å²) in [5.74, 6) is 1.85. The largest absolute Gasteiger partial charge is 0.357 e. The van der Waals surface area contributed by atoms with Crippen molar-refractivity contribution in [2.24, 2.45) is 10.9 Å². The van der Waals surface area contributed by atoms with Crippen LogP contribution in [-0.4, -0.2) is 28.7 Å². The summed E-state index contributed by atoms with van der Waals surface area (Å²) in [6.45, 7) is 4.88. The highest BCUT2D eigenvalue weighted by atomic mass is 16.5. The number of hydrogen-bond acceptors (Lipinski definition) is 5. The van der Waals surface area contributed by atoms with Crippen molar-refractivity contribution in [2.45, 2.75) is 45.7 Å². The van der Waals surface area contributed by atoms with E-state index in [1.807, 2.05) is 6.92 Å². The molecule has 2 unspecified atom stereocenters. The summed E-state index contributed by atoms with van der Waals surface area (Å²) in [6, 6.07) is 2.52. The lowest BCUT2D eigenvalue weighted by Gasteiger charge is -2.19. The van der Waals surface area contributed by atoms with Gasteiger partial charge in [0.15, 0.2) is 11.8 Å². The van der Waals surface area contributed by atoms with Crippen LogP contribution in [0.1, 0.15) is 37.9 Å². The second-order valence-corrected chi connectivity index (χ2v) is 4.84. The quantitative estimate of drug-likeness (QED) is 0.631. The number of rotatable bonds is 4. The predicted octanol–water partition coefficient (Wildman–Crippen LogP) is 1.13. The molecule has 1 aliphatic rings. The average Bonchev–Trinajstić information content (AvgIpc) is 3.05. The fourth-order valence-electron chi connectivity index (χ4n) is 2.34. The molecular formula is C13H20N6O. The van der Waals surface area contributed by atoms with Crippen LogP contribution in [0.15, 0.2) is 9.52 Å². The molecule has 20 heavy (non-hydrogen) atoms. The first kappa shape index (κ1) is 14.3. The van der Waals surface area contributed by atoms with E-state index in [0.29, 0.717) is 24.2 Å². The molecule has 2 rings (SSSR count). The van der Waals surface area contributed by atoms with Gasteiger partial charge in [0.05, 0.1) is 12.0 Å². The van der Waals surface area contributed by atoms with Crippen LogP contribution in [0.4, 0.5) is 0 Å². The van der Waals surface area contributed by atoms with Crippen molar-refractivity contribution in [2.75, 3.05) is 6.54 Å². The van der Waals surface area contributed by atoms with Crippen LogP contribution in [0.25, 0.3) is 0 Å². The Hall–Kier alpha value is -2.10. The Bertz CT molecular complexity index is 503. The fraction of sp³-hybridized carbons (Fsp3) is 0.692. The van der Waals surface area contributed by atoms with Gasteiger partial charge in [-0.2, -0.15) is 10.2 Å². The molecule has 1 fully saturated rings. The molecule has 1 aromatic heterocycles. The monoisotopic (exact) mass is 276 g/mol. The van der Waals surface area contributed by atoms with E-state index in [2.05, 4.69) is 31.8 Å². The lowest BCUT2D eigenvalue weighted by Crippen LogP contribution is -2.44. The molecule has 1 aromatic rings. The van der Waals surface area contributed by atoms with Crippen molar-refractivity contribution in [1.82, 2.24) is 20.8 Å². The van der Waals surface area contributed by atoms with Gasteiger partial charge in [0.2, 0.25) is 5.89 Å². The first-order chi connectivity index (χ1) is 9.72. The fourth-order valence-corrected chi connectivity index (χ4v) is 2.34. The standard InChI is InChI=1S/C13H20N6O/c1-3-15-13(16-8-12-17-9(2)20-19-12)18-11-6-4-5-10(11)7-14/h10-11H,3-6,8H2,1-2H3,(H2,15,16,18). The van der Waals surface area contributed by atoms with Gasteiger partial charge < -0.3 is 15.2 Å². The zero-order valence-electron chi connectivity index (χ0n) is 11.9. The molecule has 0 radical (unpaired) electrons. The van der Waals surface area contributed by atoms with Gasteiger partial charge in [0, 0.05) is 19.5 Å². The molecule has 0 spiro atoms. The molecule has 0 bridgehead atoms. The molecule has 108 valence electrons. The number of nitriles is 1. The number of aromatic nitrogens is 2. The molecule has 7 nitrogen and oxygen atoms in total. The van der Waals surface area contributed by atoms with E-state index in [1.165, 1.54) is 0 Å². The first-order valence-electron chi connectivity index (χ1n) is 6.96. The first-order valence-corrected chi connectivity index (χ1v) is 6.96. The number of nitrogens with one attached hydrogen (secondary N) is 2. The molecule has 2 N–H and O–H groups in total. The van der Waals surface area contributed by atoms with Gasteiger partial charge in [-0.25, -0.2) is 4.99 Å². The SMILES string of the molecule is CCNC(=NCc1noc(C)n1)NC1CCCC1C#N. The third-order valence-corrected chi connectivity index (χ3v) is 3.30. The summed E-state index contributed by atoms with van der Waals surface area (Å²) in [5, 5.41) is 19.4. The third kappa shape index (κ3) is 3.70. The second-order valence-electron chi connectivity index (χ2n) is 4.84. The van der Waals surface area contributed by atoms with E-state index in [-0.39, 0.29) is 12.0 Å². The predicted molar refractivity (Wildman–Crippen MR) is 73.7 cm³/mol. The molecule has 7 heteroatoms. The van der Waals surface area contributed by atoms with Crippen molar-refractivity contribution in [3.8, 4) is 6.07 Å². The number of nitrogens with zero attached hydrogens (tertiary/aromatic N) is 4. The van der Waals surface area contributed by atoms with Gasteiger partial charge in [-0.1, -0.05) is 5.16 Å². The maximum absolute atomic E-state index is 9.11. The second kappa shape index (κ2) is 6.89. The summed E-state index contributed by atoms with van der Waals surface area (Å²) in [4.78, 5) is 8.54. The van der Waals surface area contributed by atoms with E-state index >= 15 is 0 Å². The van der Waals surface area contributed by atoms with Crippen LogP contribution in [-0.2, 0) is 6.54 Å². The Kier molecular flexibility index (Phi) is 4.93. The zero-order chi connectivity index (χ0) is 14.4. The van der Waals surface area contributed by atoms with Crippen LogP contribution < -0.4 is 10.6 Å². The molecule has 0 aromatic carbocycles. The Morgan fingerprint density at radius 2 is 2.40 bits per heavy atom. The topological polar surface area (TPSA) is 99.1 Å². The number of aliphatic imine (C=N–C) groups is 1. The van der Waals surface area contributed by atoms with Gasteiger partial charge >= 0.3 is 0 Å². The Balaban J connectivity index is 1.97. The smallest absolute Gasteiger partial charge is 0.223 e. The van der Waals surface area contributed by atoms with Gasteiger partial charge in [-0.3, -0.25) is 0 Å². The molecule has 1 aliphatic carbocycles. The van der Waals surface area contributed by atoms with Gasteiger partial charge in [-0.05, 0) is 26.2 Å². The van der Waals surface area contributed by atoms with E-state index in [0.717, 1.165) is 25.8 Å². The number of guanidine groups is 1. The van der Waals surface area contributed by atoms with Crippen molar-refractivity contribution in [1.29, 1.82) is 5.26 Å². The van der Waals surface area contributed by atoms with Crippen molar-refractivity contribution in [3.05, 3.63) is 11.7 Å². The van der Waals surface area contributed by atoms with E-state index in [1.54, 1.807) is 6.92 Å². The van der Waals surface area contributed by atoms with Crippen LogP contribution in [0.2, 0.25) is 0 Å². The van der Waals surface area contributed by atoms with Gasteiger partial charge in [0.1, 0.15) is 6.54 Å². The minimum Gasteiger partial charge on any atom is -0.357 e. The van der Waals surface area contributed by atoms with Crippen molar-refractivity contribution < 1.29 is 4.52 Å². The molecule has 1 saturated carbocycles. The van der Waals surface area contributed by atoms with Gasteiger partial charge in [0.25, 0.3) is 0 Å². The molecule has 0 aliphatic heterocycles. The van der Waals surface area contributed by atoms with Crippen LogP contribution >= 0.6 is 0 Å². The highest BCUT2D eigenvalue weighted by Crippen LogP contribution is 2.24.